The number of carbonyl (C=O) groups is 1. The zero-order chi connectivity index (χ0) is 28.0. The Balaban J connectivity index is 1.08. The van der Waals surface area contributed by atoms with Gasteiger partial charge >= 0.3 is 6.03 Å². The first kappa shape index (κ1) is 26.8. The Hall–Kier alpha value is -4.44. The highest BCUT2D eigenvalue weighted by Gasteiger charge is 2.23. The lowest BCUT2D eigenvalue weighted by molar-refractivity contribution is 0.170. The third-order valence-corrected chi connectivity index (χ3v) is 7.68. The number of hydrogen-bond acceptors (Lipinski definition) is 8. The summed E-state index contributed by atoms with van der Waals surface area (Å²) in [6, 6.07) is 11.7. The van der Waals surface area contributed by atoms with Crippen LogP contribution in [-0.4, -0.2) is 50.6 Å². The maximum absolute atomic E-state index is 12.6. The highest BCUT2D eigenvalue weighted by molar-refractivity contribution is 6.32. The fourth-order valence-corrected chi connectivity index (χ4v) is 5.28. The second kappa shape index (κ2) is 12.4. The van der Waals surface area contributed by atoms with Gasteiger partial charge in [-0.25, -0.2) is 9.78 Å². The van der Waals surface area contributed by atoms with Gasteiger partial charge in [-0.3, -0.25) is 9.97 Å². The third-order valence-electron chi connectivity index (χ3n) is 7.40. The molecule has 0 aliphatic carbocycles. The minimum absolute atomic E-state index is 0.0719. The molecule has 3 N–H and O–H groups in total. The lowest BCUT2D eigenvalue weighted by Crippen LogP contribution is -2.41. The first-order valence-electron chi connectivity index (χ1n) is 13.8. The van der Waals surface area contributed by atoms with Crippen LogP contribution in [0.5, 0.6) is 5.75 Å². The molecule has 1 fully saturated rings. The summed E-state index contributed by atoms with van der Waals surface area (Å²) in [5.41, 5.74) is 4.61. The van der Waals surface area contributed by atoms with Crippen LogP contribution in [0.2, 0.25) is 5.02 Å². The van der Waals surface area contributed by atoms with Gasteiger partial charge in [0.05, 0.1) is 36.6 Å². The lowest BCUT2D eigenvalue weighted by atomic mass is 9.94. The van der Waals surface area contributed by atoms with Gasteiger partial charge < -0.3 is 25.6 Å². The molecule has 0 radical (unpaired) electrons. The van der Waals surface area contributed by atoms with E-state index in [1.807, 2.05) is 35.4 Å². The van der Waals surface area contributed by atoms with E-state index in [9.17, 15) is 4.79 Å². The summed E-state index contributed by atoms with van der Waals surface area (Å²) in [5.74, 6) is 2.34. The SMILES string of the molecule is O=C(Nc1cccnc1)N1CCC(CCOc2ccc3cc2CCc2cncc(c2)Nc2ncc(Cl)c(n2)N3)CC1. The molecule has 0 unspecified atom stereocenters. The van der Waals surface area contributed by atoms with Crippen LogP contribution in [0, 0.1) is 5.92 Å². The van der Waals surface area contributed by atoms with Gasteiger partial charge in [0.25, 0.3) is 0 Å². The molecule has 5 heterocycles. The quantitative estimate of drug-likeness (QED) is 0.259. The molecule has 2 amide bonds. The fraction of sp³-hybridized carbons (Fsp3) is 0.300. The Bertz CT molecular complexity index is 1510. The number of hydrogen-bond donors (Lipinski definition) is 3. The number of rotatable bonds is 5. The van der Waals surface area contributed by atoms with Gasteiger partial charge in [-0.1, -0.05) is 11.6 Å². The highest BCUT2D eigenvalue weighted by atomic mass is 35.5. The Morgan fingerprint density at radius 2 is 1.93 bits per heavy atom. The Morgan fingerprint density at radius 1 is 1.02 bits per heavy atom. The summed E-state index contributed by atoms with van der Waals surface area (Å²) >= 11 is 6.39. The molecule has 1 saturated heterocycles. The molecule has 10 nitrogen and oxygen atoms in total. The number of benzene rings is 1. The number of ether oxygens (including phenoxy) is 1. The van der Waals surface area contributed by atoms with Gasteiger partial charge in [-0.2, -0.15) is 4.98 Å². The van der Waals surface area contributed by atoms with E-state index in [0.717, 1.165) is 73.4 Å². The molecule has 3 aromatic heterocycles. The van der Waals surface area contributed by atoms with Gasteiger partial charge in [-0.15, -0.1) is 0 Å². The van der Waals surface area contributed by atoms with E-state index in [4.69, 9.17) is 16.3 Å². The van der Waals surface area contributed by atoms with Gasteiger partial charge in [0.1, 0.15) is 10.8 Å². The van der Waals surface area contributed by atoms with E-state index in [0.29, 0.717) is 35.0 Å². The minimum Gasteiger partial charge on any atom is -0.493 e. The summed E-state index contributed by atoms with van der Waals surface area (Å²) < 4.78 is 6.34. The molecule has 11 heteroatoms. The number of nitrogens with one attached hydrogen (secondary N) is 3. The molecule has 2 aliphatic rings. The molecule has 210 valence electrons. The minimum atomic E-state index is -0.0719. The van der Waals surface area contributed by atoms with Gasteiger partial charge in [0.2, 0.25) is 5.95 Å². The number of nitrogens with zero attached hydrogens (tertiary/aromatic N) is 5. The number of fused-ring (bicyclic) bond motifs is 6. The standard InChI is InChI=1S/C30H31ClN8O2/c31-26-19-34-29-36-25-14-21(16-33-18-25)3-4-22-15-23(35-28(26)38-29)5-6-27(22)41-13-9-20-7-11-39(12-8-20)30(40)37-24-2-1-10-32-17-24/h1-2,5-6,10,14-20H,3-4,7-9,11-13H2,(H,37,40)(H2,34,35,36,38). The van der Waals surface area contributed by atoms with Crippen molar-refractivity contribution in [2.75, 3.05) is 35.6 Å². The number of urea groups is 1. The predicted molar refractivity (Wildman–Crippen MR) is 159 cm³/mol. The summed E-state index contributed by atoms with van der Waals surface area (Å²) in [7, 11) is 0. The molecule has 41 heavy (non-hydrogen) atoms. The molecule has 6 rings (SSSR count). The first-order valence-corrected chi connectivity index (χ1v) is 14.2. The number of aromatic nitrogens is 4. The second-order valence-corrected chi connectivity index (χ2v) is 10.7. The smallest absolute Gasteiger partial charge is 0.321 e. The van der Waals surface area contributed by atoms with Crippen LogP contribution in [0.25, 0.3) is 0 Å². The van der Waals surface area contributed by atoms with Crippen LogP contribution in [0.1, 0.15) is 30.4 Å². The van der Waals surface area contributed by atoms with E-state index in [1.165, 1.54) is 0 Å². The van der Waals surface area contributed by atoms with Crippen molar-refractivity contribution in [3.8, 4) is 5.75 Å². The summed E-state index contributed by atoms with van der Waals surface area (Å²) in [4.78, 5) is 31.7. The fourth-order valence-electron chi connectivity index (χ4n) is 5.15. The summed E-state index contributed by atoms with van der Waals surface area (Å²) in [5, 5.41) is 9.89. The number of pyridine rings is 2. The number of halogens is 1. The predicted octanol–water partition coefficient (Wildman–Crippen LogP) is 6.22. The average molecular weight is 571 g/mol. The van der Waals surface area contributed by atoms with Crippen LogP contribution in [0.3, 0.4) is 0 Å². The highest BCUT2D eigenvalue weighted by Crippen LogP contribution is 2.31. The Labute approximate surface area is 243 Å². The monoisotopic (exact) mass is 570 g/mol. The van der Waals surface area contributed by atoms with Crippen molar-refractivity contribution in [2.45, 2.75) is 32.1 Å². The third kappa shape index (κ3) is 6.83. The normalized spacial score (nSPS) is 14.9. The number of piperidine rings is 1. The molecule has 6 bridgehead atoms. The van der Waals surface area contributed by atoms with Crippen molar-refractivity contribution in [2.24, 2.45) is 5.92 Å². The number of amides is 2. The summed E-state index contributed by atoms with van der Waals surface area (Å²) in [6.45, 7) is 2.09. The number of anilines is 5. The second-order valence-electron chi connectivity index (χ2n) is 10.3. The van der Waals surface area contributed by atoms with Crippen LogP contribution in [-0.2, 0) is 12.8 Å². The van der Waals surface area contributed by atoms with Crippen molar-refractivity contribution in [3.63, 3.8) is 0 Å². The van der Waals surface area contributed by atoms with Crippen LogP contribution in [0.15, 0.2) is 67.4 Å². The number of carbonyl (C=O) groups excluding carboxylic acids is 1. The molecule has 0 atom stereocenters. The van der Waals surface area contributed by atoms with Crippen molar-refractivity contribution >= 4 is 46.5 Å². The van der Waals surface area contributed by atoms with E-state index in [2.05, 4.69) is 48.0 Å². The van der Waals surface area contributed by atoms with Crippen LogP contribution >= 0.6 is 11.6 Å². The average Bonchev–Trinajstić information content (AvgIpc) is 3.00. The number of aryl methyl sites for hydroxylation is 2. The van der Waals surface area contributed by atoms with Gasteiger partial charge in [-0.05, 0) is 85.5 Å². The molecule has 2 aliphatic heterocycles. The Morgan fingerprint density at radius 3 is 2.78 bits per heavy atom. The van der Waals surface area contributed by atoms with E-state index >= 15 is 0 Å². The van der Waals surface area contributed by atoms with Crippen molar-refractivity contribution in [1.82, 2.24) is 24.8 Å². The summed E-state index contributed by atoms with van der Waals surface area (Å²) in [6.07, 6.45) is 13.0. The van der Waals surface area contributed by atoms with Gasteiger partial charge in [0.15, 0.2) is 5.82 Å². The maximum atomic E-state index is 12.6. The molecule has 0 saturated carbocycles. The van der Waals surface area contributed by atoms with Crippen LogP contribution in [0.4, 0.5) is 33.6 Å². The topological polar surface area (TPSA) is 117 Å². The first-order chi connectivity index (χ1) is 20.1. The Kier molecular flexibility index (Phi) is 8.09. The van der Waals surface area contributed by atoms with E-state index in [1.54, 1.807) is 24.8 Å². The molecular formula is C30H31ClN8O2. The molecule has 1 aromatic carbocycles. The van der Waals surface area contributed by atoms with Crippen molar-refractivity contribution in [3.05, 3.63) is 83.5 Å². The van der Waals surface area contributed by atoms with Gasteiger partial charge in [0, 0.05) is 31.2 Å². The molecule has 0 spiro atoms. The van der Waals surface area contributed by atoms with Crippen molar-refractivity contribution < 1.29 is 9.53 Å². The maximum Gasteiger partial charge on any atom is 0.321 e. The molecule has 4 aromatic rings. The van der Waals surface area contributed by atoms with Crippen LogP contribution < -0.4 is 20.7 Å². The number of likely N-dealkylation sites (tertiary alicyclic amines) is 1. The zero-order valence-electron chi connectivity index (χ0n) is 22.5. The lowest BCUT2D eigenvalue weighted by Gasteiger charge is -2.32. The largest absolute Gasteiger partial charge is 0.493 e. The van der Waals surface area contributed by atoms with E-state index in [-0.39, 0.29) is 6.03 Å². The zero-order valence-corrected chi connectivity index (χ0v) is 23.3. The van der Waals surface area contributed by atoms with Crippen molar-refractivity contribution in [1.29, 1.82) is 0 Å². The van der Waals surface area contributed by atoms with E-state index < -0.39 is 0 Å². The molecular weight excluding hydrogens is 540 g/mol.